The summed E-state index contributed by atoms with van der Waals surface area (Å²) in [4.78, 5) is 12.3. The van der Waals surface area contributed by atoms with E-state index in [1.54, 1.807) is 19.0 Å². The van der Waals surface area contributed by atoms with E-state index in [9.17, 15) is 9.90 Å². The molecule has 0 fully saturated rings. The van der Waals surface area contributed by atoms with Crippen LogP contribution in [0.3, 0.4) is 0 Å². The molecule has 0 saturated heterocycles. The SMILES string of the molecule is CC(O)CN(C(=O)OC(C)(C)C)N(C)Cc1ccccc1.CCCc1ccccc1. The number of aryl methyl sites for hydroxylation is 1. The van der Waals surface area contributed by atoms with E-state index in [-0.39, 0.29) is 6.54 Å². The highest BCUT2D eigenvalue weighted by molar-refractivity contribution is 5.67. The van der Waals surface area contributed by atoms with Gasteiger partial charge in [-0.3, -0.25) is 0 Å². The van der Waals surface area contributed by atoms with Crippen LogP contribution in [0.4, 0.5) is 4.79 Å². The number of benzene rings is 2. The molecule has 0 bridgehead atoms. The van der Waals surface area contributed by atoms with Gasteiger partial charge in [0.25, 0.3) is 0 Å². The van der Waals surface area contributed by atoms with Crippen molar-refractivity contribution in [2.45, 2.75) is 65.7 Å². The number of carbonyl (C=O) groups is 1. The number of aliphatic hydroxyl groups is 1. The van der Waals surface area contributed by atoms with Crippen molar-refractivity contribution in [3.8, 4) is 0 Å². The van der Waals surface area contributed by atoms with E-state index in [4.69, 9.17) is 4.74 Å². The minimum absolute atomic E-state index is 0.193. The van der Waals surface area contributed by atoms with E-state index in [0.717, 1.165) is 5.56 Å². The summed E-state index contributed by atoms with van der Waals surface area (Å²) in [6.45, 7) is 10.1. The molecule has 2 rings (SSSR count). The molecule has 166 valence electrons. The lowest BCUT2D eigenvalue weighted by atomic mass is 10.1. The summed E-state index contributed by atoms with van der Waals surface area (Å²) in [6, 6.07) is 20.4. The molecule has 2 aromatic carbocycles. The Bertz CT molecular complexity index is 712. The summed E-state index contributed by atoms with van der Waals surface area (Å²) in [7, 11) is 1.80. The molecule has 30 heavy (non-hydrogen) atoms. The number of amides is 1. The van der Waals surface area contributed by atoms with Crippen LogP contribution >= 0.6 is 0 Å². The summed E-state index contributed by atoms with van der Waals surface area (Å²) in [5, 5.41) is 12.8. The molecule has 1 amide bonds. The second-order valence-electron chi connectivity index (χ2n) is 8.45. The Morgan fingerprint density at radius 1 is 1.00 bits per heavy atom. The van der Waals surface area contributed by atoms with Crippen LogP contribution in [0.15, 0.2) is 60.7 Å². The van der Waals surface area contributed by atoms with E-state index >= 15 is 0 Å². The monoisotopic (exact) mass is 414 g/mol. The lowest BCUT2D eigenvalue weighted by Crippen LogP contribution is -2.49. The Morgan fingerprint density at radius 3 is 1.93 bits per heavy atom. The highest BCUT2D eigenvalue weighted by Crippen LogP contribution is 2.13. The van der Waals surface area contributed by atoms with Gasteiger partial charge >= 0.3 is 6.09 Å². The fraction of sp³-hybridized carbons (Fsp3) is 0.480. The van der Waals surface area contributed by atoms with Crippen molar-refractivity contribution in [1.29, 1.82) is 0 Å². The lowest BCUT2D eigenvalue weighted by Gasteiger charge is -2.34. The van der Waals surface area contributed by atoms with Gasteiger partial charge in [0.2, 0.25) is 0 Å². The zero-order valence-corrected chi connectivity index (χ0v) is 19.3. The first-order chi connectivity index (χ1) is 14.1. The summed E-state index contributed by atoms with van der Waals surface area (Å²) >= 11 is 0. The minimum Gasteiger partial charge on any atom is -0.443 e. The van der Waals surface area contributed by atoms with Gasteiger partial charge in [-0.2, -0.15) is 0 Å². The molecule has 5 nitrogen and oxygen atoms in total. The predicted molar refractivity (Wildman–Crippen MR) is 123 cm³/mol. The minimum atomic E-state index is -0.629. The first-order valence-corrected chi connectivity index (χ1v) is 10.6. The average Bonchev–Trinajstić information content (AvgIpc) is 2.67. The second kappa shape index (κ2) is 13.0. The number of hydrogen-bond donors (Lipinski definition) is 1. The number of rotatable bonds is 7. The third kappa shape index (κ3) is 11.0. The molecule has 0 spiro atoms. The maximum absolute atomic E-state index is 12.3. The van der Waals surface area contributed by atoms with Gasteiger partial charge in [-0.15, -0.1) is 0 Å². The fourth-order valence-electron chi connectivity index (χ4n) is 2.78. The number of nitrogens with zero attached hydrogens (tertiary/aromatic N) is 2. The molecule has 1 unspecified atom stereocenters. The number of aliphatic hydroxyl groups excluding tert-OH is 1. The van der Waals surface area contributed by atoms with Crippen LogP contribution < -0.4 is 0 Å². The molecule has 0 heterocycles. The molecular formula is C25H38N2O3. The van der Waals surface area contributed by atoms with Crippen molar-refractivity contribution in [2.24, 2.45) is 0 Å². The Hall–Kier alpha value is -2.37. The van der Waals surface area contributed by atoms with Crippen molar-refractivity contribution >= 4 is 6.09 Å². The van der Waals surface area contributed by atoms with Crippen molar-refractivity contribution in [2.75, 3.05) is 13.6 Å². The molecule has 0 aromatic heterocycles. The summed E-state index contributed by atoms with van der Waals surface area (Å²) in [5.74, 6) is 0. The highest BCUT2D eigenvalue weighted by Gasteiger charge is 2.26. The maximum atomic E-state index is 12.3. The Labute approximate surface area is 182 Å². The molecule has 2 aromatic rings. The third-order valence-corrected chi connectivity index (χ3v) is 4.09. The molecule has 5 heteroatoms. The fourth-order valence-corrected chi connectivity index (χ4v) is 2.78. The van der Waals surface area contributed by atoms with Crippen LogP contribution in [0.1, 0.15) is 52.2 Å². The van der Waals surface area contributed by atoms with Crippen LogP contribution in [0.5, 0.6) is 0 Å². The van der Waals surface area contributed by atoms with E-state index in [2.05, 4.69) is 37.3 Å². The highest BCUT2D eigenvalue weighted by atomic mass is 16.6. The summed E-state index contributed by atoms with van der Waals surface area (Å²) in [5.41, 5.74) is 1.96. The first kappa shape index (κ1) is 25.7. The molecule has 1 atom stereocenters. The standard InChI is InChI=1S/C16H26N2O3.C9H12/c1-13(19)11-18(15(20)21-16(2,3)4)17(5)12-14-9-7-6-8-10-14;1-2-6-9-7-4-3-5-8-9/h6-10,13,19H,11-12H2,1-5H3;3-5,7-8H,2,6H2,1H3. The summed E-state index contributed by atoms with van der Waals surface area (Å²) in [6.07, 6.45) is 1.36. The molecule has 0 aliphatic carbocycles. The smallest absolute Gasteiger partial charge is 0.425 e. The summed E-state index contributed by atoms with van der Waals surface area (Å²) < 4.78 is 5.39. The van der Waals surface area contributed by atoms with E-state index < -0.39 is 17.8 Å². The van der Waals surface area contributed by atoms with Gasteiger partial charge in [0.05, 0.1) is 12.6 Å². The van der Waals surface area contributed by atoms with Crippen molar-refractivity contribution in [3.63, 3.8) is 0 Å². The molecule has 0 radical (unpaired) electrons. The normalized spacial score (nSPS) is 12.0. The van der Waals surface area contributed by atoms with Crippen LogP contribution in [-0.2, 0) is 17.7 Å². The second-order valence-corrected chi connectivity index (χ2v) is 8.45. The van der Waals surface area contributed by atoms with Crippen LogP contribution in [0.2, 0.25) is 0 Å². The van der Waals surface area contributed by atoms with Gasteiger partial charge in [0, 0.05) is 13.6 Å². The molecule has 0 aliphatic heterocycles. The largest absolute Gasteiger partial charge is 0.443 e. The van der Waals surface area contributed by atoms with E-state index in [1.807, 2.05) is 51.1 Å². The van der Waals surface area contributed by atoms with Crippen LogP contribution in [-0.4, -0.2) is 46.5 Å². The first-order valence-electron chi connectivity index (χ1n) is 10.6. The Kier molecular flexibility index (Phi) is 11.2. The van der Waals surface area contributed by atoms with Gasteiger partial charge in [-0.25, -0.2) is 14.8 Å². The van der Waals surface area contributed by atoms with Gasteiger partial charge in [0.15, 0.2) is 0 Å². The van der Waals surface area contributed by atoms with Crippen molar-refractivity contribution in [1.82, 2.24) is 10.0 Å². The zero-order chi connectivity index (χ0) is 22.6. The topological polar surface area (TPSA) is 53.0 Å². The quantitative estimate of drug-likeness (QED) is 0.626. The van der Waals surface area contributed by atoms with Gasteiger partial charge in [-0.05, 0) is 45.2 Å². The van der Waals surface area contributed by atoms with Gasteiger partial charge in [-0.1, -0.05) is 74.0 Å². The molecule has 0 aliphatic rings. The number of ether oxygens (including phenoxy) is 1. The van der Waals surface area contributed by atoms with Gasteiger partial charge < -0.3 is 9.84 Å². The molecular weight excluding hydrogens is 376 g/mol. The number of hydrogen-bond acceptors (Lipinski definition) is 4. The molecule has 0 saturated carbocycles. The Balaban J connectivity index is 0.000000414. The van der Waals surface area contributed by atoms with Crippen molar-refractivity contribution < 1.29 is 14.6 Å². The Morgan fingerprint density at radius 2 is 1.50 bits per heavy atom. The van der Waals surface area contributed by atoms with E-state index in [0.29, 0.717) is 6.54 Å². The molecule has 1 N–H and O–H groups in total. The zero-order valence-electron chi connectivity index (χ0n) is 19.3. The lowest BCUT2D eigenvalue weighted by molar-refractivity contribution is -0.0573. The third-order valence-electron chi connectivity index (χ3n) is 4.09. The predicted octanol–water partition coefficient (Wildman–Crippen LogP) is 5.29. The number of hydrazine groups is 1. The van der Waals surface area contributed by atoms with Crippen LogP contribution in [0.25, 0.3) is 0 Å². The van der Waals surface area contributed by atoms with Crippen LogP contribution in [0, 0.1) is 0 Å². The van der Waals surface area contributed by atoms with Gasteiger partial charge in [0.1, 0.15) is 5.60 Å². The average molecular weight is 415 g/mol. The van der Waals surface area contributed by atoms with E-state index in [1.165, 1.54) is 23.4 Å². The van der Waals surface area contributed by atoms with Crippen molar-refractivity contribution in [3.05, 3.63) is 71.8 Å². The number of carbonyl (C=O) groups excluding carboxylic acids is 1. The maximum Gasteiger partial charge on any atom is 0.425 e.